The maximum absolute atomic E-state index is 10.4. The normalized spacial score (nSPS) is 23.7. The molecule has 2 N–H and O–H groups in total. The number of rotatable bonds is 29. The monoisotopic (exact) mass is 715 g/mol. The molecule has 0 radical (unpaired) electrons. The molecule has 50 heavy (non-hydrogen) atoms. The maximum Gasteiger partial charge on any atom is 0.0900 e. The topological polar surface area (TPSA) is 92.6 Å². The number of ether oxygens (including phenoxy) is 5. The lowest BCUT2D eigenvalue weighted by atomic mass is 9.72. The predicted octanol–water partition coefficient (Wildman–Crippen LogP) is 7.10. The van der Waals surface area contributed by atoms with Crippen LogP contribution in [0.5, 0.6) is 0 Å². The van der Waals surface area contributed by atoms with Gasteiger partial charge >= 0.3 is 0 Å². The maximum atomic E-state index is 10.4. The number of β-amino-alcohol motifs (C(OH)–C–C–N with tert-alkyl or cyclic N) is 2. The van der Waals surface area contributed by atoms with Gasteiger partial charge in [-0.15, -0.1) is 0 Å². The van der Waals surface area contributed by atoms with E-state index in [1.165, 1.54) is 0 Å². The van der Waals surface area contributed by atoms with Crippen LogP contribution in [0.3, 0.4) is 0 Å². The van der Waals surface area contributed by atoms with Gasteiger partial charge in [0.2, 0.25) is 0 Å². The molecule has 2 heterocycles. The van der Waals surface area contributed by atoms with Crippen LogP contribution in [0.1, 0.15) is 142 Å². The molecule has 0 saturated carbocycles. The van der Waals surface area contributed by atoms with Crippen LogP contribution < -0.4 is 0 Å². The Bertz CT molecular complexity index is 953. The molecule has 0 bridgehead atoms. The van der Waals surface area contributed by atoms with Gasteiger partial charge in [0.1, 0.15) is 0 Å². The van der Waals surface area contributed by atoms with Crippen LogP contribution in [0.25, 0.3) is 0 Å². The van der Waals surface area contributed by atoms with Crippen molar-refractivity contribution in [2.75, 3.05) is 59.2 Å². The molecule has 2 aliphatic heterocycles. The smallest absolute Gasteiger partial charge is 0.0900 e. The third-order valence-corrected chi connectivity index (χ3v) is 10.8. The summed E-state index contributed by atoms with van der Waals surface area (Å²) in [5, 5.41) is 20.8. The second-order valence-electron chi connectivity index (χ2n) is 19.1. The summed E-state index contributed by atoms with van der Waals surface area (Å²) in [5.74, 6) is 0.736. The first-order valence-corrected chi connectivity index (χ1v) is 20.0. The third kappa shape index (κ3) is 18.6. The highest BCUT2D eigenvalue weighted by Gasteiger charge is 2.45. The molecule has 0 aliphatic carbocycles. The number of hydrogen-bond donors (Lipinski definition) is 2. The number of aliphatic hydroxyl groups excluding tert-OH is 2. The molecule has 2 fully saturated rings. The first kappa shape index (κ1) is 45.8. The largest absolute Gasteiger partial charge is 0.389 e. The second-order valence-corrected chi connectivity index (χ2v) is 19.1. The molecular formula is C41H82N2O7. The van der Waals surface area contributed by atoms with Crippen LogP contribution in [0, 0.1) is 11.8 Å². The summed E-state index contributed by atoms with van der Waals surface area (Å²) in [6, 6.07) is 1.16. The summed E-state index contributed by atoms with van der Waals surface area (Å²) < 4.78 is 32.2. The fourth-order valence-corrected chi connectivity index (χ4v) is 7.11. The summed E-state index contributed by atoms with van der Waals surface area (Å²) in [7, 11) is 0. The van der Waals surface area contributed by atoms with Gasteiger partial charge in [-0.3, -0.25) is 9.80 Å². The zero-order chi connectivity index (χ0) is 38.0. The van der Waals surface area contributed by atoms with E-state index in [0.29, 0.717) is 57.5 Å². The minimum Gasteiger partial charge on any atom is -0.389 e. The summed E-state index contributed by atoms with van der Waals surface area (Å²) in [6.07, 6.45) is 5.52. The molecule has 2 rings (SSSR count). The van der Waals surface area contributed by atoms with Gasteiger partial charge in [0.25, 0.3) is 0 Å². The molecule has 0 aromatic carbocycles. The Kier molecular flexibility index (Phi) is 18.1. The van der Waals surface area contributed by atoms with Crippen LogP contribution >= 0.6 is 0 Å². The fourth-order valence-electron chi connectivity index (χ4n) is 7.11. The van der Waals surface area contributed by atoms with Crippen molar-refractivity contribution in [3.05, 3.63) is 0 Å². The summed E-state index contributed by atoms with van der Waals surface area (Å²) in [6.45, 7) is 36.7. The Morgan fingerprint density at radius 2 is 0.960 bits per heavy atom. The van der Waals surface area contributed by atoms with Gasteiger partial charge in [-0.05, 0) is 134 Å². The number of aliphatic hydroxyl groups is 2. The molecule has 298 valence electrons. The Hall–Kier alpha value is -0.360. The molecule has 0 spiro atoms. The van der Waals surface area contributed by atoms with Crippen molar-refractivity contribution in [2.45, 2.75) is 194 Å². The van der Waals surface area contributed by atoms with Gasteiger partial charge in [-0.25, -0.2) is 0 Å². The average Bonchev–Trinajstić information content (AvgIpc) is 3.89. The third-order valence-electron chi connectivity index (χ3n) is 10.8. The van der Waals surface area contributed by atoms with Crippen LogP contribution in [0.2, 0.25) is 0 Å². The van der Waals surface area contributed by atoms with E-state index in [1.54, 1.807) is 0 Å². The minimum atomic E-state index is -0.457. The lowest BCUT2D eigenvalue weighted by Crippen LogP contribution is -2.52. The highest BCUT2D eigenvalue weighted by Crippen LogP contribution is 2.41. The molecule has 7 atom stereocenters. The Balaban J connectivity index is 1.90. The molecule has 0 aromatic heterocycles. The molecule has 0 aromatic rings. The van der Waals surface area contributed by atoms with Crippen LogP contribution in [-0.2, 0) is 23.7 Å². The van der Waals surface area contributed by atoms with E-state index in [1.807, 2.05) is 0 Å². The van der Waals surface area contributed by atoms with Crippen molar-refractivity contribution in [3.63, 3.8) is 0 Å². The summed E-state index contributed by atoms with van der Waals surface area (Å²) in [5.41, 5.74) is -1.91. The van der Waals surface area contributed by atoms with E-state index in [4.69, 9.17) is 23.7 Å². The first-order valence-electron chi connectivity index (χ1n) is 20.0. The number of nitrogens with zero attached hydrogens (tertiary/aromatic N) is 2. The number of hydrogen-bond acceptors (Lipinski definition) is 9. The Morgan fingerprint density at radius 1 is 0.580 bits per heavy atom. The zero-order valence-electron chi connectivity index (χ0n) is 35.1. The highest BCUT2D eigenvalue weighted by atomic mass is 16.5. The van der Waals surface area contributed by atoms with Gasteiger partial charge in [0.15, 0.2) is 0 Å². The van der Waals surface area contributed by atoms with Gasteiger partial charge in [0.05, 0.1) is 53.4 Å². The molecule has 9 nitrogen and oxygen atoms in total. The van der Waals surface area contributed by atoms with Crippen LogP contribution in [0.4, 0.5) is 0 Å². The molecule has 7 unspecified atom stereocenters. The van der Waals surface area contributed by atoms with Crippen molar-refractivity contribution < 1.29 is 33.9 Å². The van der Waals surface area contributed by atoms with Gasteiger partial charge in [0, 0.05) is 64.0 Å². The minimum absolute atomic E-state index is 0.0782. The molecule has 2 aliphatic rings. The molecule has 9 heteroatoms. The van der Waals surface area contributed by atoms with Gasteiger partial charge < -0.3 is 33.9 Å². The quantitative estimate of drug-likeness (QED) is 0.0622. The summed E-state index contributed by atoms with van der Waals surface area (Å²) >= 11 is 0. The molecule has 2 saturated heterocycles. The summed E-state index contributed by atoms with van der Waals surface area (Å²) in [4.78, 5) is 4.52. The van der Waals surface area contributed by atoms with E-state index in [9.17, 15) is 10.2 Å². The van der Waals surface area contributed by atoms with Crippen LogP contribution in [-0.4, -0.2) is 132 Å². The van der Waals surface area contributed by atoms with Gasteiger partial charge in [-0.1, -0.05) is 13.8 Å². The van der Waals surface area contributed by atoms with Crippen molar-refractivity contribution in [2.24, 2.45) is 11.8 Å². The molecular weight excluding hydrogens is 632 g/mol. The Labute approximate surface area is 308 Å². The van der Waals surface area contributed by atoms with Gasteiger partial charge in [-0.2, -0.15) is 0 Å². The van der Waals surface area contributed by atoms with E-state index in [-0.39, 0.29) is 22.7 Å². The SMILES string of the molecule is CC(C)CCCOC(C)(C)C(CC(C)(C)OCCCC(C)(C)OCC(O)CN1CC1C)C(C)(C)OCCCC(C)(C)OCC(O)CN1CC1C. The van der Waals surface area contributed by atoms with E-state index < -0.39 is 23.4 Å². The Morgan fingerprint density at radius 3 is 1.34 bits per heavy atom. The van der Waals surface area contributed by atoms with Crippen molar-refractivity contribution in [1.82, 2.24) is 9.80 Å². The van der Waals surface area contributed by atoms with E-state index in [2.05, 4.69) is 107 Å². The predicted molar refractivity (Wildman–Crippen MR) is 205 cm³/mol. The van der Waals surface area contributed by atoms with E-state index in [0.717, 1.165) is 64.6 Å². The molecule has 0 amide bonds. The van der Waals surface area contributed by atoms with Crippen LogP contribution in [0.15, 0.2) is 0 Å². The van der Waals surface area contributed by atoms with Crippen molar-refractivity contribution in [3.8, 4) is 0 Å². The lowest BCUT2D eigenvalue weighted by Gasteiger charge is -2.47. The second kappa shape index (κ2) is 19.8. The van der Waals surface area contributed by atoms with Crippen molar-refractivity contribution in [1.29, 1.82) is 0 Å². The average molecular weight is 715 g/mol. The van der Waals surface area contributed by atoms with E-state index >= 15 is 0 Å². The van der Waals surface area contributed by atoms with Crippen molar-refractivity contribution >= 4 is 0 Å². The zero-order valence-corrected chi connectivity index (χ0v) is 35.1. The highest BCUT2D eigenvalue weighted by molar-refractivity contribution is 4.96. The first-order chi connectivity index (χ1) is 22.9. The standard InChI is InChI=1S/C41H82N2O7/c1-31(2)18-15-21-47-40(11,12)36(41(13,14)48-23-17-20-38(7,8)50-30-35(45)28-43-26-33(43)4)24-39(9,10)46-22-16-19-37(5,6)49-29-34(44)27-42-25-32(42)3/h31-36,44-45H,15-30H2,1-14H3. The lowest BCUT2D eigenvalue weighted by molar-refractivity contribution is -0.176. The fraction of sp³-hybridized carbons (Fsp3) is 1.00.